The van der Waals surface area contributed by atoms with Crippen molar-refractivity contribution in [1.29, 1.82) is 0 Å². The van der Waals surface area contributed by atoms with Crippen LogP contribution in [0.3, 0.4) is 0 Å². The third-order valence-corrected chi connectivity index (χ3v) is 6.97. The summed E-state index contributed by atoms with van der Waals surface area (Å²) < 4.78 is 33.3. The van der Waals surface area contributed by atoms with E-state index in [0.29, 0.717) is 35.1 Å². The Bertz CT molecular complexity index is 1830. The quantitative estimate of drug-likeness (QED) is 0.206. The number of rotatable bonds is 8. The first-order chi connectivity index (χ1) is 21.4. The molecule has 11 nitrogen and oxygen atoms in total. The van der Waals surface area contributed by atoms with Crippen LogP contribution in [0.15, 0.2) is 91.3 Å². The van der Waals surface area contributed by atoms with Crippen molar-refractivity contribution in [3.63, 3.8) is 0 Å². The number of para-hydroxylation sites is 1. The highest BCUT2D eigenvalue weighted by atomic mass is 19.1. The van der Waals surface area contributed by atoms with Crippen LogP contribution in [-0.2, 0) is 13.1 Å². The van der Waals surface area contributed by atoms with Crippen molar-refractivity contribution >= 4 is 23.6 Å². The lowest BCUT2D eigenvalue weighted by molar-refractivity contribution is 0.203. The Labute approximate surface area is 251 Å². The Morgan fingerprint density at radius 1 is 1.02 bits per heavy atom. The van der Waals surface area contributed by atoms with Gasteiger partial charge >= 0.3 is 12.1 Å². The smallest absolute Gasteiger partial charge is 0.417 e. The summed E-state index contributed by atoms with van der Waals surface area (Å²) in [4.78, 5) is 31.1. The van der Waals surface area contributed by atoms with Gasteiger partial charge in [-0.3, -0.25) is 10.6 Å². The van der Waals surface area contributed by atoms with Gasteiger partial charge in [0.25, 0.3) is 0 Å². The largest absolute Gasteiger partial charge is 0.497 e. The van der Waals surface area contributed by atoms with E-state index in [1.165, 1.54) is 24.5 Å². The summed E-state index contributed by atoms with van der Waals surface area (Å²) in [6.45, 7) is 2.31. The van der Waals surface area contributed by atoms with Crippen LogP contribution in [0.2, 0.25) is 0 Å². The van der Waals surface area contributed by atoms with E-state index in [0.717, 1.165) is 17.3 Å². The highest BCUT2D eigenvalue weighted by molar-refractivity contribution is 5.91. The van der Waals surface area contributed by atoms with E-state index in [1.807, 2.05) is 54.6 Å². The maximum atomic E-state index is 15.2. The van der Waals surface area contributed by atoms with Crippen molar-refractivity contribution in [2.75, 3.05) is 17.7 Å². The molecular weight excluding hydrogens is 567 g/mol. The summed E-state index contributed by atoms with van der Waals surface area (Å²) in [5, 5.41) is 9.57. The molecule has 0 atom stereocenters. The highest BCUT2D eigenvalue weighted by Crippen LogP contribution is 2.35. The van der Waals surface area contributed by atoms with Gasteiger partial charge in [0, 0.05) is 24.5 Å². The third kappa shape index (κ3) is 6.00. The molecule has 0 saturated carbocycles. The first kappa shape index (κ1) is 28.2. The van der Waals surface area contributed by atoms with Crippen LogP contribution in [-0.4, -0.2) is 38.9 Å². The number of urea groups is 1. The van der Waals surface area contributed by atoms with Gasteiger partial charge in [-0.25, -0.2) is 23.6 Å². The van der Waals surface area contributed by atoms with Crippen LogP contribution < -0.4 is 24.8 Å². The summed E-state index contributed by atoms with van der Waals surface area (Å²) >= 11 is 0. The molecule has 0 aliphatic carbocycles. The number of methoxy groups -OCH3 is 1. The van der Waals surface area contributed by atoms with Crippen LogP contribution in [0.25, 0.3) is 5.69 Å². The summed E-state index contributed by atoms with van der Waals surface area (Å²) in [7, 11) is 1.59. The highest BCUT2D eigenvalue weighted by Gasteiger charge is 2.27. The summed E-state index contributed by atoms with van der Waals surface area (Å²) in [6, 6.07) is 22.1. The molecule has 6 rings (SSSR count). The molecule has 44 heavy (non-hydrogen) atoms. The SMILES string of the molecule is COc1ccc(CN2Cc3c(Oc4ccc(NC(=O)Oc5cnn(-c6ccccc6)c5C)cc4F)ccnc3NC2=O)cc1. The summed E-state index contributed by atoms with van der Waals surface area (Å²) in [6.07, 6.45) is 2.11. The minimum Gasteiger partial charge on any atom is -0.497 e. The lowest BCUT2D eigenvalue weighted by atomic mass is 10.1. The molecule has 3 aromatic carbocycles. The molecule has 1 aliphatic heterocycles. The second-order valence-corrected chi connectivity index (χ2v) is 9.87. The van der Waals surface area contributed by atoms with Crippen molar-refractivity contribution in [3.05, 3.63) is 114 Å². The lowest BCUT2D eigenvalue weighted by Gasteiger charge is -2.29. The van der Waals surface area contributed by atoms with Crippen molar-refractivity contribution in [3.8, 4) is 28.7 Å². The van der Waals surface area contributed by atoms with E-state index in [1.54, 1.807) is 29.7 Å². The molecule has 2 N–H and O–H groups in total. The molecule has 3 amide bonds. The number of halogens is 1. The van der Waals surface area contributed by atoms with E-state index in [-0.39, 0.29) is 29.8 Å². The maximum Gasteiger partial charge on any atom is 0.417 e. The van der Waals surface area contributed by atoms with Gasteiger partial charge in [0.05, 0.1) is 36.8 Å². The van der Waals surface area contributed by atoms with Gasteiger partial charge < -0.3 is 19.1 Å². The molecule has 0 fully saturated rings. The Balaban J connectivity index is 1.12. The van der Waals surface area contributed by atoms with Crippen molar-refractivity contribution in [2.45, 2.75) is 20.0 Å². The number of nitrogens with one attached hydrogen (secondary N) is 2. The van der Waals surface area contributed by atoms with Crippen molar-refractivity contribution in [2.24, 2.45) is 0 Å². The van der Waals surface area contributed by atoms with Crippen molar-refractivity contribution in [1.82, 2.24) is 19.7 Å². The van der Waals surface area contributed by atoms with Gasteiger partial charge in [-0.1, -0.05) is 30.3 Å². The second-order valence-electron chi connectivity index (χ2n) is 9.87. The van der Waals surface area contributed by atoms with Gasteiger partial charge in [0.1, 0.15) is 17.3 Å². The molecule has 0 spiro atoms. The number of hydrogen-bond acceptors (Lipinski definition) is 7. The molecule has 3 heterocycles. The number of ether oxygens (including phenoxy) is 3. The zero-order valence-corrected chi connectivity index (χ0v) is 23.8. The van der Waals surface area contributed by atoms with Crippen LogP contribution in [0.5, 0.6) is 23.0 Å². The van der Waals surface area contributed by atoms with E-state index in [4.69, 9.17) is 14.2 Å². The maximum absolute atomic E-state index is 15.2. The Hall–Kier alpha value is -5.91. The molecule has 0 radical (unpaired) electrons. The number of carbonyl (C=O) groups excluding carboxylic acids is 2. The number of pyridine rings is 1. The normalized spacial score (nSPS) is 12.2. The Morgan fingerprint density at radius 2 is 1.82 bits per heavy atom. The lowest BCUT2D eigenvalue weighted by Crippen LogP contribution is -2.38. The van der Waals surface area contributed by atoms with Gasteiger partial charge in [0.15, 0.2) is 17.3 Å². The van der Waals surface area contributed by atoms with Crippen LogP contribution in [0.4, 0.5) is 25.5 Å². The fraction of sp³-hybridized carbons (Fsp3) is 0.125. The average molecular weight is 595 g/mol. The molecule has 222 valence electrons. The average Bonchev–Trinajstić information content (AvgIpc) is 3.39. The summed E-state index contributed by atoms with van der Waals surface area (Å²) in [5.41, 5.74) is 3.12. The van der Waals surface area contributed by atoms with E-state index in [9.17, 15) is 9.59 Å². The van der Waals surface area contributed by atoms with Crippen molar-refractivity contribution < 1.29 is 28.2 Å². The number of benzene rings is 3. The van der Waals surface area contributed by atoms with Gasteiger partial charge in [0.2, 0.25) is 0 Å². The first-order valence-corrected chi connectivity index (χ1v) is 13.6. The van der Waals surface area contributed by atoms with Gasteiger partial charge in [-0.2, -0.15) is 5.10 Å². The predicted molar refractivity (Wildman–Crippen MR) is 160 cm³/mol. The number of aromatic nitrogens is 3. The number of anilines is 2. The van der Waals surface area contributed by atoms with Gasteiger partial charge in [-0.05, 0) is 55.0 Å². The van der Waals surface area contributed by atoms with E-state index in [2.05, 4.69) is 20.7 Å². The molecule has 1 aliphatic rings. The molecule has 5 aromatic rings. The monoisotopic (exact) mass is 594 g/mol. The topological polar surface area (TPSA) is 120 Å². The number of nitrogens with zero attached hydrogens (tertiary/aromatic N) is 4. The van der Waals surface area contributed by atoms with E-state index < -0.39 is 11.9 Å². The second kappa shape index (κ2) is 12.1. The zero-order chi connectivity index (χ0) is 30.6. The number of hydrogen-bond donors (Lipinski definition) is 2. The van der Waals surface area contributed by atoms with Crippen LogP contribution in [0, 0.1) is 12.7 Å². The third-order valence-electron chi connectivity index (χ3n) is 6.97. The van der Waals surface area contributed by atoms with E-state index >= 15 is 4.39 Å². The molecule has 0 saturated heterocycles. The minimum absolute atomic E-state index is 0.0732. The predicted octanol–water partition coefficient (Wildman–Crippen LogP) is 6.67. The molecular formula is C32H27FN6O5. The van der Waals surface area contributed by atoms with Crippen LogP contribution >= 0.6 is 0 Å². The fourth-order valence-corrected chi connectivity index (χ4v) is 4.70. The standard InChI is InChI=1S/C32H27FN6O5/c1-20-29(17-35-39(20)23-6-4-3-5-7-23)44-32(41)36-22-10-13-28(26(33)16-22)43-27-14-15-34-30-25(27)19-38(31(40)37-30)18-21-8-11-24(42-2)12-9-21/h3-17H,18-19H2,1-2H3,(H,36,41)(H,34,37,40). The molecule has 0 bridgehead atoms. The minimum atomic E-state index is -0.801. The summed E-state index contributed by atoms with van der Waals surface area (Å²) in [5.74, 6) is 0.869. The Kier molecular flexibility index (Phi) is 7.78. The number of amides is 3. The molecule has 0 unspecified atom stereocenters. The zero-order valence-electron chi connectivity index (χ0n) is 23.8. The molecule has 2 aromatic heterocycles. The number of carbonyl (C=O) groups is 2. The van der Waals surface area contributed by atoms with Gasteiger partial charge in [-0.15, -0.1) is 0 Å². The molecule has 12 heteroatoms. The van der Waals surface area contributed by atoms with Crippen LogP contribution in [0.1, 0.15) is 16.8 Å². The fourth-order valence-electron chi connectivity index (χ4n) is 4.70. The Morgan fingerprint density at radius 3 is 2.57 bits per heavy atom. The number of fused-ring (bicyclic) bond motifs is 1. The first-order valence-electron chi connectivity index (χ1n) is 13.6.